The molecule has 5 nitrogen and oxygen atoms in total. The Bertz CT molecular complexity index is 594. The molecule has 6 heteroatoms. The lowest BCUT2D eigenvalue weighted by molar-refractivity contribution is -0.143. The van der Waals surface area contributed by atoms with Crippen molar-refractivity contribution in [3.63, 3.8) is 0 Å². The van der Waals surface area contributed by atoms with Crippen LogP contribution in [0.25, 0.3) is 0 Å². The molecule has 0 aromatic heterocycles. The van der Waals surface area contributed by atoms with Crippen LogP contribution in [-0.2, 0) is 16.0 Å². The number of hydrogen-bond donors (Lipinski definition) is 1. The molecule has 1 aliphatic carbocycles. The van der Waals surface area contributed by atoms with Crippen molar-refractivity contribution in [1.82, 2.24) is 4.90 Å². The summed E-state index contributed by atoms with van der Waals surface area (Å²) in [6, 6.07) is 4.09. The van der Waals surface area contributed by atoms with E-state index in [0.717, 1.165) is 19.3 Å². The molecule has 2 fully saturated rings. The largest absolute Gasteiger partial charge is 0.496 e. The number of aliphatic hydroxyl groups is 1. The lowest BCUT2D eigenvalue weighted by Crippen LogP contribution is -2.54. The third kappa shape index (κ3) is 3.54. The van der Waals surface area contributed by atoms with Gasteiger partial charge in [0.05, 0.1) is 38.9 Å². The van der Waals surface area contributed by atoms with Crippen LogP contribution < -0.4 is 4.74 Å². The average Bonchev–Trinajstić information content (AvgIpc) is 3.01. The molecule has 132 valence electrons. The van der Waals surface area contributed by atoms with Crippen LogP contribution in [0.15, 0.2) is 18.2 Å². The number of halogens is 1. The number of hydrogen-bond acceptors (Lipinski definition) is 4. The molecule has 0 radical (unpaired) electrons. The predicted octanol–water partition coefficient (Wildman–Crippen LogP) is 1.77. The summed E-state index contributed by atoms with van der Waals surface area (Å²) in [6.07, 6.45) is 2.36. The van der Waals surface area contributed by atoms with E-state index in [2.05, 4.69) is 0 Å². The Kier molecular flexibility index (Phi) is 5.36. The Morgan fingerprint density at radius 1 is 1.46 bits per heavy atom. The van der Waals surface area contributed by atoms with Gasteiger partial charge in [-0.15, -0.1) is 0 Å². The zero-order valence-electron chi connectivity index (χ0n) is 13.9. The maximum Gasteiger partial charge on any atom is 0.227 e. The summed E-state index contributed by atoms with van der Waals surface area (Å²) in [7, 11) is 1.51. The Hall–Kier alpha value is -1.66. The summed E-state index contributed by atoms with van der Waals surface area (Å²) in [5, 5.41) is 10.2. The molecule has 1 N–H and O–H groups in total. The fourth-order valence-corrected chi connectivity index (χ4v) is 3.85. The molecular formula is C18H24FNO4. The van der Waals surface area contributed by atoms with Gasteiger partial charge in [0, 0.05) is 18.0 Å². The number of morpholine rings is 1. The van der Waals surface area contributed by atoms with Crippen LogP contribution in [0.5, 0.6) is 5.75 Å². The maximum absolute atomic E-state index is 13.5. The molecule has 0 spiro atoms. The van der Waals surface area contributed by atoms with Crippen LogP contribution in [0.3, 0.4) is 0 Å². The quantitative estimate of drug-likeness (QED) is 0.910. The molecule has 1 aromatic rings. The van der Waals surface area contributed by atoms with Gasteiger partial charge in [0.2, 0.25) is 5.91 Å². The summed E-state index contributed by atoms with van der Waals surface area (Å²) in [5.41, 5.74) is 0.541. The fourth-order valence-electron chi connectivity index (χ4n) is 3.85. The van der Waals surface area contributed by atoms with Crippen LogP contribution in [0.1, 0.15) is 24.8 Å². The van der Waals surface area contributed by atoms with Gasteiger partial charge in [-0.05, 0) is 31.0 Å². The molecule has 1 aliphatic heterocycles. The molecule has 0 bridgehead atoms. The molecule has 3 rings (SSSR count). The summed E-state index contributed by atoms with van der Waals surface area (Å²) >= 11 is 0. The van der Waals surface area contributed by atoms with Gasteiger partial charge in [-0.3, -0.25) is 4.79 Å². The summed E-state index contributed by atoms with van der Waals surface area (Å²) < 4.78 is 24.3. The number of aliphatic hydroxyl groups excluding tert-OH is 1. The lowest BCUT2D eigenvalue weighted by atomic mass is 9.93. The van der Waals surface area contributed by atoms with Crippen LogP contribution >= 0.6 is 0 Å². The topological polar surface area (TPSA) is 59.0 Å². The van der Waals surface area contributed by atoms with Crippen molar-refractivity contribution in [3.05, 3.63) is 29.6 Å². The van der Waals surface area contributed by atoms with E-state index in [-0.39, 0.29) is 36.2 Å². The van der Waals surface area contributed by atoms with Crippen LogP contribution in [-0.4, -0.2) is 54.9 Å². The predicted molar refractivity (Wildman–Crippen MR) is 86.3 cm³/mol. The van der Waals surface area contributed by atoms with E-state index >= 15 is 0 Å². The second-order valence-corrected chi connectivity index (χ2v) is 6.52. The Morgan fingerprint density at radius 3 is 3.00 bits per heavy atom. The molecule has 1 amide bonds. The molecule has 1 heterocycles. The molecule has 2 aliphatic rings. The smallest absolute Gasteiger partial charge is 0.227 e. The fraction of sp³-hybridized carbons (Fsp3) is 0.611. The van der Waals surface area contributed by atoms with Gasteiger partial charge < -0.3 is 19.5 Å². The zero-order valence-corrected chi connectivity index (χ0v) is 13.9. The number of ether oxygens (including phenoxy) is 2. The summed E-state index contributed by atoms with van der Waals surface area (Å²) in [6.45, 7) is 1.45. The van der Waals surface area contributed by atoms with Gasteiger partial charge in [-0.25, -0.2) is 4.39 Å². The van der Waals surface area contributed by atoms with E-state index in [1.807, 2.05) is 0 Å². The van der Waals surface area contributed by atoms with Crippen LogP contribution in [0, 0.1) is 11.7 Å². The monoisotopic (exact) mass is 337 g/mol. The highest BCUT2D eigenvalue weighted by Crippen LogP contribution is 2.32. The second-order valence-electron chi connectivity index (χ2n) is 6.52. The molecular weight excluding hydrogens is 313 g/mol. The van der Waals surface area contributed by atoms with Crippen molar-refractivity contribution in [2.75, 3.05) is 26.9 Å². The van der Waals surface area contributed by atoms with Crippen molar-refractivity contribution in [2.24, 2.45) is 5.92 Å². The first-order valence-corrected chi connectivity index (χ1v) is 8.48. The first-order chi connectivity index (χ1) is 11.6. The van der Waals surface area contributed by atoms with Crippen molar-refractivity contribution < 1.29 is 23.8 Å². The first kappa shape index (κ1) is 17.2. The van der Waals surface area contributed by atoms with Crippen molar-refractivity contribution in [2.45, 2.75) is 37.8 Å². The number of methoxy groups -OCH3 is 1. The molecule has 1 saturated heterocycles. The van der Waals surface area contributed by atoms with Gasteiger partial charge in [0.1, 0.15) is 11.6 Å². The molecule has 1 aromatic carbocycles. The Labute approximate surface area is 141 Å². The minimum atomic E-state index is -0.386. The van der Waals surface area contributed by atoms with Crippen molar-refractivity contribution >= 4 is 5.91 Å². The maximum atomic E-state index is 13.5. The SMILES string of the molecule is COc1ccc(F)cc1CC(=O)N1CCOC[C@@H]1[C@H]1CCC[C@H]1O. The number of carbonyl (C=O) groups excluding carboxylic acids is 1. The highest BCUT2D eigenvalue weighted by atomic mass is 19.1. The van der Waals surface area contributed by atoms with Crippen molar-refractivity contribution in [1.29, 1.82) is 0 Å². The van der Waals surface area contributed by atoms with Gasteiger partial charge in [0.25, 0.3) is 0 Å². The summed E-state index contributed by atoms with van der Waals surface area (Å²) in [4.78, 5) is 14.6. The summed E-state index contributed by atoms with van der Waals surface area (Å²) in [5.74, 6) is 0.105. The van der Waals surface area contributed by atoms with E-state index in [9.17, 15) is 14.3 Å². The lowest BCUT2D eigenvalue weighted by Gasteiger charge is -2.40. The molecule has 1 saturated carbocycles. The minimum Gasteiger partial charge on any atom is -0.496 e. The van der Waals surface area contributed by atoms with Crippen LogP contribution in [0.2, 0.25) is 0 Å². The van der Waals surface area contributed by atoms with E-state index in [4.69, 9.17) is 9.47 Å². The number of benzene rings is 1. The Morgan fingerprint density at radius 2 is 2.29 bits per heavy atom. The average molecular weight is 337 g/mol. The zero-order chi connectivity index (χ0) is 17.1. The third-order valence-electron chi connectivity index (χ3n) is 5.10. The highest BCUT2D eigenvalue weighted by molar-refractivity contribution is 5.80. The van der Waals surface area contributed by atoms with E-state index < -0.39 is 0 Å². The number of amides is 1. The van der Waals surface area contributed by atoms with E-state index in [1.165, 1.54) is 25.3 Å². The Balaban J connectivity index is 1.76. The number of nitrogens with zero attached hydrogens (tertiary/aromatic N) is 1. The van der Waals surface area contributed by atoms with E-state index in [1.54, 1.807) is 4.90 Å². The second kappa shape index (κ2) is 7.49. The third-order valence-corrected chi connectivity index (χ3v) is 5.10. The highest BCUT2D eigenvalue weighted by Gasteiger charge is 2.39. The normalized spacial score (nSPS) is 27.3. The molecule has 0 unspecified atom stereocenters. The molecule has 24 heavy (non-hydrogen) atoms. The standard InChI is InChI=1S/C18H24FNO4/c1-23-17-6-5-13(19)9-12(17)10-18(22)20-7-8-24-11-15(20)14-3-2-4-16(14)21/h5-6,9,14-16,21H,2-4,7-8,10-11H2,1H3/t14-,15-,16-/m1/s1. The van der Waals surface area contributed by atoms with E-state index in [0.29, 0.717) is 31.1 Å². The minimum absolute atomic E-state index is 0.0589. The van der Waals surface area contributed by atoms with Crippen molar-refractivity contribution in [3.8, 4) is 5.75 Å². The van der Waals surface area contributed by atoms with Crippen LogP contribution in [0.4, 0.5) is 4.39 Å². The van der Waals surface area contributed by atoms with Gasteiger partial charge in [0.15, 0.2) is 0 Å². The van der Waals surface area contributed by atoms with Gasteiger partial charge in [-0.1, -0.05) is 6.42 Å². The molecule has 3 atom stereocenters. The van der Waals surface area contributed by atoms with Gasteiger partial charge >= 0.3 is 0 Å². The number of carbonyl (C=O) groups is 1. The number of rotatable bonds is 4. The first-order valence-electron chi connectivity index (χ1n) is 8.48. The van der Waals surface area contributed by atoms with Gasteiger partial charge in [-0.2, -0.15) is 0 Å².